The number of carboxylic acid groups (broad SMARTS) is 1. The number of nitrogens with one attached hydrogen (secondary N) is 1. The van der Waals surface area contributed by atoms with Gasteiger partial charge in [0.25, 0.3) is 0 Å². The Balaban J connectivity index is 2.71. The zero-order valence-corrected chi connectivity index (χ0v) is 10.9. The lowest BCUT2D eigenvalue weighted by Crippen LogP contribution is -2.50. The van der Waals surface area contributed by atoms with Crippen molar-refractivity contribution in [1.29, 1.82) is 0 Å². The van der Waals surface area contributed by atoms with Crippen LogP contribution in [0.15, 0.2) is 18.2 Å². The number of ether oxygens (including phenoxy) is 1. The molecular weight excluding hydrogens is 234 g/mol. The Morgan fingerprint density at radius 2 is 1.83 bits per heavy atom. The quantitative estimate of drug-likeness (QED) is 0.864. The molecule has 5 heteroatoms. The van der Waals surface area contributed by atoms with Gasteiger partial charge in [-0.25, -0.2) is 9.59 Å². The molecule has 1 rings (SSSR count). The van der Waals surface area contributed by atoms with Crippen LogP contribution in [0.5, 0.6) is 5.75 Å². The molecule has 0 heterocycles. The van der Waals surface area contributed by atoms with Crippen molar-refractivity contribution in [3.8, 4) is 5.75 Å². The molecule has 0 radical (unpaired) electrons. The fourth-order valence-corrected chi connectivity index (χ4v) is 1.22. The highest BCUT2D eigenvalue weighted by Crippen LogP contribution is 2.16. The van der Waals surface area contributed by atoms with Crippen LogP contribution in [0.4, 0.5) is 4.79 Å². The minimum absolute atomic E-state index is 0.386. The van der Waals surface area contributed by atoms with Gasteiger partial charge in [0, 0.05) is 0 Å². The number of hydrogen-bond acceptors (Lipinski definition) is 3. The van der Waals surface area contributed by atoms with Crippen LogP contribution in [-0.2, 0) is 4.79 Å². The van der Waals surface area contributed by atoms with E-state index in [1.807, 2.05) is 19.9 Å². The largest absolute Gasteiger partial charge is 0.480 e. The molecule has 0 spiro atoms. The molecule has 0 unspecified atom stereocenters. The van der Waals surface area contributed by atoms with E-state index in [0.29, 0.717) is 5.75 Å². The second kappa shape index (κ2) is 5.08. The maximum absolute atomic E-state index is 11.5. The van der Waals surface area contributed by atoms with Crippen molar-refractivity contribution in [2.24, 2.45) is 0 Å². The van der Waals surface area contributed by atoms with E-state index in [2.05, 4.69) is 5.32 Å². The van der Waals surface area contributed by atoms with Gasteiger partial charge in [-0.3, -0.25) is 0 Å². The third-order valence-corrected chi connectivity index (χ3v) is 2.64. The molecule has 0 aliphatic carbocycles. The predicted molar refractivity (Wildman–Crippen MR) is 66.8 cm³/mol. The summed E-state index contributed by atoms with van der Waals surface area (Å²) >= 11 is 0. The molecule has 0 bridgehead atoms. The average molecular weight is 251 g/mol. The number of carboxylic acids is 1. The van der Waals surface area contributed by atoms with Gasteiger partial charge in [-0.05, 0) is 51.0 Å². The van der Waals surface area contributed by atoms with E-state index < -0.39 is 17.6 Å². The molecule has 1 aromatic rings. The van der Waals surface area contributed by atoms with E-state index in [4.69, 9.17) is 9.84 Å². The predicted octanol–water partition coefficient (Wildman–Crippen LogP) is 2.26. The molecule has 0 aliphatic rings. The van der Waals surface area contributed by atoms with Gasteiger partial charge in [-0.15, -0.1) is 0 Å². The Labute approximate surface area is 106 Å². The molecular formula is C13H17NO4. The number of aliphatic carboxylic acids is 1. The van der Waals surface area contributed by atoms with Crippen LogP contribution < -0.4 is 10.1 Å². The first-order valence-corrected chi connectivity index (χ1v) is 5.53. The second-order valence-electron chi connectivity index (χ2n) is 4.69. The molecule has 0 aliphatic heterocycles. The van der Waals surface area contributed by atoms with Crippen molar-refractivity contribution >= 4 is 12.1 Å². The number of carbonyl (C=O) groups excluding carboxylic acids is 1. The summed E-state index contributed by atoms with van der Waals surface area (Å²) in [5, 5.41) is 11.1. The van der Waals surface area contributed by atoms with Crippen LogP contribution in [0.2, 0.25) is 0 Å². The van der Waals surface area contributed by atoms with Crippen LogP contribution in [0.3, 0.4) is 0 Å². The van der Waals surface area contributed by atoms with Gasteiger partial charge in [0.05, 0.1) is 0 Å². The van der Waals surface area contributed by atoms with Crippen molar-refractivity contribution in [1.82, 2.24) is 5.32 Å². The van der Waals surface area contributed by atoms with E-state index in [0.717, 1.165) is 11.1 Å². The Hall–Kier alpha value is -2.04. The van der Waals surface area contributed by atoms with Crippen molar-refractivity contribution in [2.75, 3.05) is 0 Å². The Morgan fingerprint density at radius 1 is 1.22 bits per heavy atom. The summed E-state index contributed by atoms with van der Waals surface area (Å²) in [7, 11) is 0. The van der Waals surface area contributed by atoms with Gasteiger partial charge in [0.1, 0.15) is 11.3 Å². The molecule has 5 nitrogen and oxygen atoms in total. The molecule has 2 N–H and O–H groups in total. The highest BCUT2D eigenvalue weighted by molar-refractivity contribution is 5.84. The van der Waals surface area contributed by atoms with Gasteiger partial charge >= 0.3 is 12.1 Å². The van der Waals surface area contributed by atoms with Crippen LogP contribution in [0.25, 0.3) is 0 Å². The number of carbonyl (C=O) groups is 2. The molecule has 0 saturated heterocycles. The number of amides is 1. The summed E-state index contributed by atoms with van der Waals surface area (Å²) in [5.41, 5.74) is 0.725. The highest BCUT2D eigenvalue weighted by Gasteiger charge is 2.29. The van der Waals surface area contributed by atoms with Crippen molar-refractivity contribution in [3.05, 3.63) is 29.3 Å². The highest BCUT2D eigenvalue weighted by atomic mass is 16.6. The molecule has 0 saturated carbocycles. The first kappa shape index (κ1) is 14.0. The van der Waals surface area contributed by atoms with E-state index in [1.54, 1.807) is 12.1 Å². The third kappa shape index (κ3) is 3.48. The molecule has 98 valence electrons. The van der Waals surface area contributed by atoms with Gasteiger partial charge in [0.2, 0.25) is 0 Å². The van der Waals surface area contributed by atoms with E-state index in [-0.39, 0.29) is 0 Å². The van der Waals surface area contributed by atoms with Crippen molar-refractivity contribution in [3.63, 3.8) is 0 Å². The number of benzene rings is 1. The Morgan fingerprint density at radius 3 is 2.33 bits per heavy atom. The topological polar surface area (TPSA) is 75.6 Å². The monoisotopic (exact) mass is 251 g/mol. The molecule has 1 amide bonds. The Kier molecular flexibility index (Phi) is 3.96. The van der Waals surface area contributed by atoms with E-state index in [1.165, 1.54) is 13.8 Å². The summed E-state index contributed by atoms with van der Waals surface area (Å²) in [6.45, 7) is 6.63. The smallest absolute Gasteiger partial charge is 0.413 e. The maximum atomic E-state index is 11.5. The molecule has 0 aromatic heterocycles. The first-order valence-electron chi connectivity index (χ1n) is 5.53. The third-order valence-electron chi connectivity index (χ3n) is 2.64. The van der Waals surface area contributed by atoms with Crippen LogP contribution in [-0.4, -0.2) is 22.7 Å². The summed E-state index contributed by atoms with van der Waals surface area (Å²) in [6.07, 6.45) is -0.786. The zero-order valence-electron chi connectivity index (χ0n) is 10.9. The standard InChI is InChI=1S/C13H17NO4/c1-8-5-6-10(7-9(8)2)18-12(17)14-13(3,4)11(15)16/h5-7H,1-4H3,(H,14,17)(H,15,16). The summed E-state index contributed by atoms with van der Waals surface area (Å²) in [4.78, 5) is 22.4. The van der Waals surface area contributed by atoms with Crippen molar-refractivity contribution in [2.45, 2.75) is 33.2 Å². The van der Waals surface area contributed by atoms with Crippen LogP contribution in [0, 0.1) is 13.8 Å². The van der Waals surface area contributed by atoms with Gasteiger partial charge < -0.3 is 15.2 Å². The lowest BCUT2D eigenvalue weighted by atomic mass is 10.1. The summed E-state index contributed by atoms with van der Waals surface area (Å²) in [6, 6.07) is 5.22. The molecule has 0 atom stereocenters. The van der Waals surface area contributed by atoms with E-state index >= 15 is 0 Å². The SMILES string of the molecule is Cc1ccc(OC(=O)NC(C)(C)C(=O)O)cc1C. The number of aryl methyl sites for hydroxylation is 2. The molecule has 18 heavy (non-hydrogen) atoms. The Bertz CT molecular complexity index is 480. The number of rotatable bonds is 3. The van der Waals surface area contributed by atoms with E-state index in [9.17, 15) is 9.59 Å². The minimum atomic E-state index is -1.36. The first-order chi connectivity index (χ1) is 8.22. The summed E-state index contributed by atoms with van der Waals surface area (Å²) < 4.78 is 5.02. The van der Waals surface area contributed by atoms with Crippen molar-refractivity contribution < 1.29 is 19.4 Å². The fraction of sp³-hybridized carbons (Fsp3) is 0.385. The summed E-state index contributed by atoms with van der Waals surface area (Å²) in [5.74, 6) is -0.740. The van der Waals surface area contributed by atoms with Crippen LogP contribution >= 0.6 is 0 Å². The second-order valence-corrected chi connectivity index (χ2v) is 4.69. The van der Waals surface area contributed by atoms with Gasteiger partial charge in [-0.2, -0.15) is 0 Å². The lowest BCUT2D eigenvalue weighted by molar-refractivity contribution is -0.143. The maximum Gasteiger partial charge on any atom is 0.413 e. The average Bonchev–Trinajstić information content (AvgIpc) is 2.22. The lowest BCUT2D eigenvalue weighted by Gasteiger charge is -2.20. The minimum Gasteiger partial charge on any atom is -0.480 e. The van der Waals surface area contributed by atoms with Gasteiger partial charge in [0.15, 0.2) is 0 Å². The normalized spacial score (nSPS) is 10.9. The zero-order chi connectivity index (χ0) is 13.9. The van der Waals surface area contributed by atoms with Crippen LogP contribution in [0.1, 0.15) is 25.0 Å². The molecule has 0 fully saturated rings. The molecule has 1 aromatic carbocycles. The van der Waals surface area contributed by atoms with Gasteiger partial charge in [-0.1, -0.05) is 6.07 Å². The number of hydrogen-bond donors (Lipinski definition) is 2. The fourth-order valence-electron chi connectivity index (χ4n) is 1.22.